The summed E-state index contributed by atoms with van der Waals surface area (Å²) in [5, 5.41) is 8.80. The molecule has 0 saturated carbocycles. The van der Waals surface area contributed by atoms with Crippen molar-refractivity contribution in [2.75, 3.05) is 26.9 Å². The Balaban J connectivity index is 1.41. The predicted octanol–water partition coefficient (Wildman–Crippen LogP) is 5.63. The molecule has 0 saturated heterocycles. The molecule has 370 valence electrons. The number of phosphoric acid groups is 1. The van der Waals surface area contributed by atoms with Gasteiger partial charge in [0, 0.05) is 43.7 Å². The molecule has 22 nitrogen and oxygen atoms in total. The number of ether oxygens (including phenoxy) is 2. The van der Waals surface area contributed by atoms with Crippen LogP contribution in [0, 0.1) is 19.8 Å². The number of hydrogen-bond acceptors (Lipinski definition) is 12. The molecule has 0 aliphatic heterocycles. The topological polar surface area (TPSA) is 285 Å². The summed E-state index contributed by atoms with van der Waals surface area (Å²) in [6.45, 7) is 17.6. The highest BCUT2D eigenvalue weighted by atomic mass is 31.2. The van der Waals surface area contributed by atoms with Gasteiger partial charge in [-0.1, -0.05) is 26.0 Å². The number of imidazole rings is 2. The van der Waals surface area contributed by atoms with Crippen LogP contribution in [0.3, 0.4) is 0 Å². The lowest BCUT2D eigenvalue weighted by molar-refractivity contribution is 0.0370. The van der Waals surface area contributed by atoms with Crippen LogP contribution in [0.1, 0.15) is 108 Å². The Morgan fingerprint density at radius 2 is 1.23 bits per heavy atom. The van der Waals surface area contributed by atoms with Crippen molar-refractivity contribution in [2.45, 2.75) is 101 Å². The molecule has 6 aromatic rings. The van der Waals surface area contributed by atoms with Gasteiger partial charge in [0.05, 0.1) is 55.0 Å². The zero-order chi connectivity index (χ0) is 50.4. The van der Waals surface area contributed by atoms with Crippen molar-refractivity contribution < 1.29 is 46.8 Å². The maximum atomic E-state index is 13.9. The van der Waals surface area contributed by atoms with Gasteiger partial charge < -0.3 is 40.0 Å². The van der Waals surface area contributed by atoms with E-state index in [2.05, 4.69) is 30.2 Å². The molecule has 4 heterocycles. The summed E-state index contributed by atoms with van der Waals surface area (Å²) >= 11 is 0. The molecule has 6 N–H and O–H groups in total. The van der Waals surface area contributed by atoms with Gasteiger partial charge in [-0.15, -0.1) is 0 Å². The van der Waals surface area contributed by atoms with Crippen molar-refractivity contribution in [1.29, 1.82) is 0 Å². The van der Waals surface area contributed by atoms with Crippen molar-refractivity contribution in [3.63, 3.8) is 0 Å². The summed E-state index contributed by atoms with van der Waals surface area (Å²) < 4.78 is 49.1. The number of nitrogens with two attached hydrogens (primary N) is 2. The Morgan fingerprint density at radius 3 is 1.67 bits per heavy atom. The molecule has 1 unspecified atom stereocenters. The minimum absolute atomic E-state index is 0.0263. The van der Waals surface area contributed by atoms with E-state index in [-0.39, 0.29) is 84.7 Å². The number of amides is 4. The van der Waals surface area contributed by atoms with Gasteiger partial charge in [0.2, 0.25) is 23.1 Å². The third-order valence-electron chi connectivity index (χ3n) is 10.2. The fraction of sp³-hybridized carbons (Fsp3) is 0.435. The van der Waals surface area contributed by atoms with Crippen LogP contribution in [0.25, 0.3) is 22.1 Å². The maximum absolute atomic E-state index is 13.9. The molecule has 23 heteroatoms. The first-order chi connectivity index (χ1) is 32.6. The number of aryl methyl sites for hydroxylation is 4. The number of rotatable bonds is 21. The third-order valence-corrected chi connectivity index (χ3v) is 12.0. The van der Waals surface area contributed by atoms with Crippen LogP contribution in [0.2, 0.25) is 0 Å². The molecule has 4 amide bonds. The van der Waals surface area contributed by atoms with Crippen LogP contribution in [-0.2, 0) is 44.3 Å². The van der Waals surface area contributed by atoms with Crippen molar-refractivity contribution >= 4 is 53.5 Å². The number of phosphoric ester groups is 1. The van der Waals surface area contributed by atoms with Gasteiger partial charge in [0.25, 0.3) is 11.8 Å². The number of aromatic amines is 2. The molecule has 0 aliphatic rings. The molecular weight excluding hydrogens is 912 g/mol. The predicted molar refractivity (Wildman–Crippen MR) is 256 cm³/mol. The van der Waals surface area contributed by atoms with E-state index in [0.29, 0.717) is 52.3 Å². The number of nitrogens with one attached hydrogen (secondary N) is 2. The zero-order valence-electron chi connectivity index (χ0n) is 40.6. The molecule has 69 heavy (non-hydrogen) atoms. The second-order valence-electron chi connectivity index (χ2n) is 17.4. The van der Waals surface area contributed by atoms with E-state index in [0.717, 1.165) is 0 Å². The molecular formula is C46H61N12O10P. The number of allylic oxidation sites excluding steroid dienone is 2. The van der Waals surface area contributed by atoms with Crippen LogP contribution in [0.5, 0.6) is 11.5 Å². The molecule has 4 aromatic heterocycles. The lowest BCUT2D eigenvalue weighted by Crippen LogP contribution is -2.22. The first kappa shape index (κ1) is 51.5. The Kier molecular flexibility index (Phi) is 16.1. The summed E-state index contributed by atoms with van der Waals surface area (Å²) in [6.07, 6.45) is 3.84. The van der Waals surface area contributed by atoms with E-state index < -0.39 is 37.1 Å². The van der Waals surface area contributed by atoms with Crippen LogP contribution >= 0.6 is 7.82 Å². The Bertz CT molecular complexity index is 3120. The lowest BCUT2D eigenvalue weighted by Gasteiger charge is -2.26. The van der Waals surface area contributed by atoms with E-state index in [1.165, 1.54) is 25.3 Å². The average molecular weight is 973 g/mol. The Morgan fingerprint density at radius 1 is 0.754 bits per heavy atom. The van der Waals surface area contributed by atoms with E-state index in [9.17, 15) is 23.7 Å². The number of carbonyl (C=O) groups is 4. The molecule has 0 radical (unpaired) electrons. The lowest BCUT2D eigenvalue weighted by atomic mass is 10.1. The summed E-state index contributed by atoms with van der Waals surface area (Å²) in [5.41, 5.74) is 14.8. The normalized spacial score (nSPS) is 13.6. The molecule has 0 spiro atoms. The van der Waals surface area contributed by atoms with E-state index in [1.54, 1.807) is 83.5 Å². The highest BCUT2D eigenvalue weighted by Crippen LogP contribution is 2.53. The number of nitrogens with zero attached hydrogens (tertiary/aromatic N) is 8. The molecule has 0 aliphatic carbocycles. The first-order valence-corrected chi connectivity index (χ1v) is 23.9. The number of aromatic nitrogens is 8. The molecule has 2 aromatic carbocycles. The zero-order valence-corrected chi connectivity index (χ0v) is 41.5. The Hall–Kier alpha value is -6.87. The number of methoxy groups -OCH3 is 1. The quantitative estimate of drug-likeness (QED) is 0.0388. The smallest absolute Gasteiger partial charge is 0.475 e. The molecule has 0 bridgehead atoms. The van der Waals surface area contributed by atoms with Gasteiger partial charge in [-0.05, 0) is 90.8 Å². The van der Waals surface area contributed by atoms with E-state index >= 15 is 0 Å². The van der Waals surface area contributed by atoms with Gasteiger partial charge in [0.1, 0.15) is 33.9 Å². The van der Waals surface area contributed by atoms with Gasteiger partial charge in [-0.2, -0.15) is 20.2 Å². The first-order valence-electron chi connectivity index (χ1n) is 22.5. The molecule has 6 rings (SSSR count). The van der Waals surface area contributed by atoms with Gasteiger partial charge >= 0.3 is 7.82 Å². The van der Waals surface area contributed by atoms with Gasteiger partial charge in [0.15, 0.2) is 0 Å². The van der Waals surface area contributed by atoms with Crippen molar-refractivity contribution in [3.05, 3.63) is 93.7 Å². The number of primary amides is 2. The summed E-state index contributed by atoms with van der Waals surface area (Å²) in [5.74, 6) is -1.94. The largest absolute Gasteiger partial charge is 0.494 e. The summed E-state index contributed by atoms with van der Waals surface area (Å²) in [4.78, 5) is 67.8. The summed E-state index contributed by atoms with van der Waals surface area (Å²) in [7, 11) is -2.49. The number of fused-ring (bicyclic) bond motifs is 2. The van der Waals surface area contributed by atoms with Crippen LogP contribution < -0.4 is 32.2 Å². The van der Waals surface area contributed by atoms with E-state index in [1.807, 2.05) is 27.7 Å². The van der Waals surface area contributed by atoms with Gasteiger partial charge in [-0.25, -0.2) is 4.57 Å². The number of benzene rings is 2. The fourth-order valence-electron chi connectivity index (χ4n) is 7.30. The Labute approximate surface area is 397 Å². The highest BCUT2D eigenvalue weighted by Gasteiger charge is 2.33. The molecule has 1 atom stereocenters. The van der Waals surface area contributed by atoms with Crippen LogP contribution in [-0.4, -0.2) is 94.8 Å². The van der Waals surface area contributed by atoms with Crippen LogP contribution in [0.15, 0.2) is 58.5 Å². The minimum atomic E-state index is -3.94. The second-order valence-corrected chi connectivity index (χ2v) is 19.0. The van der Waals surface area contributed by atoms with Crippen molar-refractivity contribution in [3.8, 4) is 11.5 Å². The number of hydrogen-bond donors (Lipinski definition) is 4. The minimum Gasteiger partial charge on any atom is -0.494 e. The van der Waals surface area contributed by atoms with E-state index in [4.69, 9.17) is 34.5 Å². The third kappa shape index (κ3) is 12.4. The maximum Gasteiger partial charge on any atom is 0.475 e. The molecule has 0 fully saturated rings. The highest BCUT2D eigenvalue weighted by molar-refractivity contribution is 7.48. The summed E-state index contributed by atoms with van der Waals surface area (Å²) in [6, 6.07) is 9.38. The van der Waals surface area contributed by atoms with Crippen molar-refractivity contribution in [1.82, 2.24) is 38.7 Å². The fourth-order valence-corrected chi connectivity index (χ4v) is 8.98. The van der Waals surface area contributed by atoms with Crippen LogP contribution in [0.4, 0.5) is 0 Å². The monoisotopic (exact) mass is 972 g/mol. The second kappa shape index (κ2) is 21.6. The SMILES string of the molecule is CCn1nc(C)cc1C(=O)/N=c1/[nH]c2cc(C(N)=O)cc(OC)c2n1C/C=C/Cn1/c(=N\C(=O)c2cc(C)nn2CC)[nH]c2cc(C(N)=O)cc(OCCCOP(=O)(OCC(C)C)OC(C)(C)C)c21. The standard InChI is InChI=1S/C46H61N12O10P/c1-11-57-34(20-28(5)53-57)42(61)51-44-49-32-22-30(40(47)59)24-36(64-10)38(32)55(44)16-13-14-17-56-39-33(50-45(56)52-43(62)35-21-29(6)54-58(35)12-2)23-31(41(48)60)25-37(39)65-18-15-19-66-69(63,67-26-27(3)4)68-46(7,8)9/h13-14,20-25,27H,11-12,15-19,26H2,1-10H3,(H2,47,59)(H2,48,60)(H,49,51,61)(H,50,52,62)/b14-13+. The van der Waals surface area contributed by atoms with Gasteiger partial charge in [-0.3, -0.25) is 42.1 Å². The average Bonchev–Trinajstić information content (AvgIpc) is 4.05. The van der Waals surface area contributed by atoms with Crippen molar-refractivity contribution in [2.24, 2.45) is 27.4 Å². The number of carbonyl (C=O) groups excluding carboxylic acids is 4. The number of H-pyrrole nitrogens is 2.